The van der Waals surface area contributed by atoms with Gasteiger partial charge in [-0.15, -0.1) is 0 Å². The molecule has 1 aliphatic rings. The number of rotatable bonds is 7. The van der Waals surface area contributed by atoms with Gasteiger partial charge in [-0.05, 0) is 57.5 Å². The SMILES string of the molecule is CCOc1ccc(C(=O)Nc2c3c(nn2-c2ccc(C)cc2C)CS(=O)(=O)C3)cc1OCC. The molecule has 1 amide bonds. The standard InChI is InChI=1S/C24H27N3O5S/c1-5-31-21-10-8-17(12-22(21)32-6-2)24(28)25-23-18-13-33(29,30)14-19(18)26-27(23)20-9-7-15(3)11-16(20)4/h7-12H,5-6,13-14H2,1-4H3,(H,25,28). The van der Waals surface area contributed by atoms with Gasteiger partial charge in [0.05, 0.1) is 36.1 Å². The van der Waals surface area contributed by atoms with E-state index < -0.39 is 15.7 Å². The lowest BCUT2D eigenvalue weighted by Crippen LogP contribution is -2.17. The number of anilines is 1. The van der Waals surface area contributed by atoms with Crippen molar-refractivity contribution in [2.45, 2.75) is 39.2 Å². The first kappa shape index (κ1) is 22.8. The average molecular weight is 470 g/mol. The van der Waals surface area contributed by atoms with E-state index in [1.807, 2.05) is 45.9 Å². The molecule has 8 nitrogen and oxygen atoms in total. The van der Waals surface area contributed by atoms with Gasteiger partial charge in [0, 0.05) is 11.1 Å². The zero-order valence-corrected chi connectivity index (χ0v) is 20.0. The van der Waals surface area contributed by atoms with Crippen LogP contribution in [-0.2, 0) is 21.3 Å². The third-order valence-electron chi connectivity index (χ3n) is 5.41. The fraction of sp³-hybridized carbons (Fsp3) is 0.333. The summed E-state index contributed by atoms with van der Waals surface area (Å²) in [5.41, 5.74) is 4.21. The van der Waals surface area contributed by atoms with Crippen LogP contribution in [0.4, 0.5) is 5.82 Å². The Morgan fingerprint density at radius 1 is 1.03 bits per heavy atom. The molecule has 0 radical (unpaired) electrons. The number of aromatic nitrogens is 2. The van der Waals surface area contributed by atoms with Crippen LogP contribution in [-0.4, -0.2) is 37.3 Å². The Morgan fingerprint density at radius 3 is 2.45 bits per heavy atom. The summed E-state index contributed by atoms with van der Waals surface area (Å²) in [5, 5.41) is 7.46. The number of benzene rings is 2. The number of sulfone groups is 1. The Morgan fingerprint density at radius 2 is 1.76 bits per heavy atom. The minimum Gasteiger partial charge on any atom is -0.490 e. The van der Waals surface area contributed by atoms with Gasteiger partial charge in [-0.2, -0.15) is 5.10 Å². The minimum atomic E-state index is -3.29. The average Bonchev–Trinajstić information content (AvgIpc) is 3.22. The molecule has 0 saturated carbocycles. The number of amides is 1. The molecule has 0 saturated heterocycles. The van der Waals surface area contributed by atoms with Crippen LogP contribution in [0.25, 0.3) is 5.69 Å². The number of ether oxygens (including phenoxy) is 2. The molecule has 0 spiro atoms. The summed E-state index contributed by atoms with van der Waals surface area (Å²) in [6.07, 6.45) is 0. The molecule has 9 heteroatoms. The first-order chi connectivity index (χ1) is 15.7. The van der Waals surface area contributed by atoms with Gasteiger partial charge in [-0.3, -0.25) is 4.79 Å². The summed E-state index contributed by atoms with van der Waals surface area (Å²) in [4.78, 5) is 13.2. The van der Waals surface area contributed by atoms with Gasteiger partial charge in [0.25, 0.3) is 5.91 Å². The van der Waals surface area contributed by atoms with E-state index in [1.54, 1.807) is 22.9 Å². The first-order valence-electron chi connectivity index (χ1n) is 10.8. The molecule has 2 heterocycles. The normalized spacial score (nSPS) is 14.1. The molecule has 0 aliphatic carbocycles. The predicted molar refractivity (Wildman–Crippen MR) is 126 cm³/mol. The van der Waals surface area contributed by atoms with Gasteiger partial charge in [-0.25, -0.2) is 13.1 Å². The van der Waals surface area contributed by atoms with Gasteiger partial charge in [0.15, 0.2) is 21.3 Å². The van der Waals surface area contributed by atoms with Crippen LogP contribution in [0.15, 0.2) is 36.4 Å². The van der Waals surface area contributed by atoms with Gasteiger partial charge < -0.3 is 14.8 Å². The predicted octanol–water partition coefficient (Wildman–Crippen LogP) is 3.97. The van der Waals surface area contributed by atoms with Crippen molar-refractivity contribution < 1.29 is 22.7 Å². The molecule has 1 aromatic heterocycles. The van der Waals surface area contributed by atoms with Crippen LogP contribution >= 0.6 is 0 Å². The molecule has 33 heavy (non-hydrogen) atoms. The summed E-state index contributed by atoms with van der Waals surface area (Å²) in [5.74, 6) is 0.717. The van der Waals surface area contributed by atoms with Crippen LogP contribution in [0.3, 0.4) is 0 Å². The summed E-state index contributed by atoms with van der Waals surface area (Å²) in [6.45, 7) is 8.58. The molecule has 3 aromatic rings. The number of carbonyl (C=O) groups is 1. The highest BCUT2D eigenvalue weighted by molar-refractivity contribution is 7.90. The van der Waals surface area contributed by atoms with E-state index in [0.29, 0.717) is 47.4 Å². The van der Waals surface area contributed by atoms with Crippen molar-refractivity contribution in [2.24, 2.45) is 0 Å². The van der Waals surface area contributed by atoms with Crippen LogP contribution in [0.2, 0.25) is 0 Å². The van der Waals surface area contributed by atoms with Crippen LogP contribution in [0.1, 0.15) is 46.6 Å². The minimum absolute atomic E-state index is 0.138. The number of nitrogens with one attached hydrogen (secondary N) is 1. The number of carbonyl (C=O) groups excluding carboxylic acids is 1. The molecule has 4 rings (SSSR count). The fourth-order valence-corrected chi connectivity index (χ4v) is 5.45. The second-order valence-corrected chi connectivity index (χ2v) is 10.1. The van der Waals surface area contributed by atoms with Crippen LogP contribution in [0.5, 0.6) is 11.5 Å². The van der Waals surface area contributed by atoms with Crippen LogP contribution in [0, 0.1) is 13.8 Å². The van der Waals surface area contributed by atoms with Crippen molar-refractivity contribution in [2.75, 3.05) is 18.5 Å². The smallest absolute Gasteiger partial charge is 0.256 e. The lowest BCUT2D eigenvalue weighted by Gasteiger charge is -2.15. The van der Waals surface area contributed by atoms with Crippen molar-refractivity contribution in [3.8, 4) is 17.2 Å². The Kier molecular flexibility index (Phi) is 6.16. The Hall–Kier alpha value is -3.33. The second kappa shape index (κ2) is 8.90. The number of fused-ring (bicyclic) bond motifs is 1. The summed E-state index contributed by atoms with van der Waals surface area (Å²) in [6, 6.07) is 10.9. The molecule has 1 aliphatic heterocycles. The van der Waals surface area contributed by atoms with Crippen LogP contribution < -0.4 is 14.8 Å². The number of hydrogen-bond acceptors (Lipinski definition) is 6. The second-order valence-electron chi connectivity index (χ2n) is 7.99. The van der Waals surface area contributed by atoms with E-state index in [9.17, 15) is 13.2 Å². The van der Waals surface area contributed by atoms with Gasteiger partial charge >= 0.3 is 0 Å². The van der Waals surface area contributed by atoms with Crippen molar-refractivity contribution in [1.29, 1.82) is 0 Å². The molecule has 0 bridgehead atoms. The van der Waals surface area contributed by atoms with Gasteiger partial charge in [0.1, 0.15) is 5.82 Å². The molecule has 2 aromatic carbocycles. The molecule has 1 N–H and O–H groups in total. The number of aryl methyl sites for hydroxylation is 2. The topological polar surface area (TPSA) is 99.5 Å². The van der Waals surface area contributed by atoms with E-state index in [-0.39, 0.29) is 11.5 Å². The maximum absolute atomic E-state index is 13.2. The Bertz CT molecular complexity index is 1330. The zero-order valence-electron chi connectivity index (χ0n) is 19.1. The monoisotopic (exact) mass is 469 g/mol. The quantitative estimate of drug-likeness (QED) is 0.562. The number of hydrogen-bond donors (Lipinski definition) is 1. The Balaban J connectivity index is 1.75. The third kappa shape index (κ3) is 4.59. The lowest BCUT2D eigenvalue weighted by atomic mass is 10.1. The molecular formula is C24H27N3O5S. The molecular weight excluding hydrogens is 442 g/mol. The zero-order chi connectivity index (χ0) is 23.8. The number of nitrogens with zero attached hydrogens (tertiary/aromatic N) is 2. The highest BCUT2D eigenvalue weighted by Crippen LogP contribution is 2.35. The molecule has 0 atom stereocenters. The molecule has 0 fully saturated rings. The van der Waals surface area contributed by atoms with Crippen molar-refractivity contribution >= 4 is 21.6 Å². The van der Waals surface area contributed by atoms with Gasteiger partial charge in [-0.1, -0.05) is 17.7 Å². The maximum atomic E-state index is 13.2. The fourth-order valence-electron chi connectivity index (χ4n) is 3.96. The van der Waals surface area contributed by atoms with Gasteiger partial charge in [0.2, 0.25) is 0 Å². The highest BCUT2D eigenvalue weighted by Gasteiger charge is 2.33. The highest BCUT2D eigenvalue weighted by atomic mass is 32.2. The van der Waals surface area contributed by atoms with E-state index in [4.69, 9.17) is 9.47 Å². The van der Waals surface area contributed by atoms with E-state index >= 15 is 0 Å². The van der Waals surface area contributed by atoms with E-state index in [0.717, 1.165) is 16.8 Å². The summed E-state index contributed by atoms with van der Waals surface area (Å²) >= 11 is 0. The van der Waals surface area contributed by atoms with Crippen molar-refractivity contribution in [3.63, 3.8) is 0 Å². The summed E-state index contributed by atoms with van der Waals surface area (Å²) < 4.78 is 37.3. The maximum Gasteiger partial charge on any atom is 0.256 e. The summed E-state index contributed by atoms with van der Waals surface area (Å²) in [7, 11) is -3.29. The first-order valence-corrected chi connectivity index (χ1v) is 12.6. The van der Waals surface area contributed by atoms with E-state index in [1.165, 1.54) is 0 Å². The Labute approximate surface area is 193 Å². The largest absolute Gasteiger partial charge is 0.490 e. The third-order valence-corrected chi connectivity index (χ3v) is 6.85. The van der Waals surface area contributed by atoms with Crippen molar-refractivity contribution in [1.82, 2.24) is 9.78 Å². The van der Waals surface area contributed by atoms with E-state index in [2.05, 4.69) is 10.4 Å². The van der Waals surface area contributed by atoms with Crippen molar-refractivity contribution in [3.05, 3.63) is 64.3 Å². The molecule has 174 valence electrons. The lowest BCUT2D eigenvalue weighted by molar-refractivity contribution is 0.102. The molecule has 0 unspecified atom stereocenters.